The van der Waals surface area contributed by atoms with E-state index in [4.69, 9.17) is 0 Å². The number of piperidine rings is 1. The van der Waals surface area contributed by atoms with Crippen molar-refractivity contribution in [3.8, 4) is 0 Å². The van der Waals surface area contributed by atoms with Gasteiger partial charge in [-0.05, 0) is 31.9 Å². The zero-order valence-corrected chi connectivity index (χ0v) is 10.3. The lowest BCUT2D eigenvalue weighted by Crippen LogP contribution is -2.40. The Bertz CT molecular complexity index is 382. The number of aryl methyl sites for hydroxylation is 1. The summed E-state index contributed by atoms with van der Waals surface area (Å²) in [5.41, 5.74) is 0.925. The number of nitrogens with zero attached hydrogens (tertiary/aromatic N) is 3. The maximum Gasteiger partial charge on any atom is 0.222 e. The summed E-state index contributed by atoms with van der Waals surface area (Å²) in [5.74, 6) is 1.21. The third-order valence-electron chi connectivity index (χ3n) is 3.22. The SMILES string of the molecule is CNC(=O)C1CCN(c2ccc(C)nn2)CC1. The summed E-state index contributed by atoms with van der Waals surface area (Å²) in [5, 5.41) is 10.9. The van der Waals surface area contributed by atoms with Crippen LogP contribution in [0.5, 0.6) is 0 Å². The zero-order chi connectivity index (χ0) is 12.3. The monoisotopic (exact) mass is 234 g/mol. The number of anilines is 1. The van der Waals surface area contributed by atoms with Gasteiger partial charge in [0.2, 0.25) is 5.91 Å². The number of nitrogens with one attached hydrogen (secondary N) is 1. The number of carbonyl (C=O) groups excluding carboxylic acids is 1. The Morgan fingerprint density at radius 3 is 2.59 bits per heavy atom. The van der Waals surface area contributed by atoms with Gasteiger partial charge in [-0.3, -0.25) is 4.79 Å². The molecule has 0 spiro atoms. The first-order valence-corrected chi connectivity index (χ1v) is 5.97. The molecule has 1 saturated heterocycles. The van der Waals surface area contributed by atoms with Crippen molar-refractivity contribution in [2.75, 3.05) is 25.0 Å². The molecule has 2 heterocycles. The van der Waals surface area contributed by atoms with Crippen molar-refractivity contribution in [2.45, 2.75) is 19.8 Å². The maximum atomic E-state index is 11.5. The first-order chi connectivity index (χ1) is 8.20. The average molecular weight is 234 g/mol. The average Bonchev–Trinajstić information content (AvgIpc) is 2.39. The second-order valence-electron chi connectivity index (χ2n) is 4.41. The molecule has 0 unspecified atom stereocenters. The highest BCUT2D eigenvalue weighted by atomic mass is 16.1. The van der Waals surface area contributed by atoms with E-state index in [0.29, 0.717) is 0 Å². The van der Waals surface area contributed by atoms with Gasteiger partial charge in [-0.1, -0.05) is 0 Å². The minimum Gasteiger partial charge on any atom is -0.359 e. The molecule has 1 aromatic heterocycles. The Kier molecular flexibility index (Phi) is 3.56. The van der Waals surface area contributed by atoms with Crippen LogP contribution in [0.3, 0.4) is 0 Å². The third-order valence-corrected chi connectivity index (χ3v) is 3.22. The van der Waals surface area contributed by atoms with Gasteiger partial charge < -0.3 is 10.2 Å². The zero-order valence-electron chi connectivity index (χ0n) is 10.3. The molecule has 0 aromatic carbocycles. The van der Waals surface area contributed by atoms with Crippen LogP contribution in [0.4, 0.5) is 5.82 Å². The predicted octanol–water partition coefficient (Wildman–Crippen LogP) is 0.747. The molecule has 1 aromatic rings. The molecule has 0 bridgehead atoms. The molecular weight excluding hydrogens is 216 g/mol. The fraction of sp³-hybridized carbons (Fsp3) is 0.583. The first kappa shape index (κ1) is 11.8. The Balaban J connectivity index is 1.95. The Labute approximate surface area is 101 Å². The van der Waals surface area contributed by atoms with Crippen LogP contribution >= 0.6 is 0 Å². The van der Waals surface area contributed by atoms with Crippen LogP contribution in [-0.4, -0.2) is 36.2 Å². The van der Waals surface area contributed by atoms with Crippen molar-refractivity contribution in [1.82, 2.24) is 15.5 Å². The summed E-state index contributed by atoms with van der Waals surface area (Å²) in [7, 11) is 1.69. The molecule has 92 valence electrons. The van der Waals surface area contributed by atoms with E-state index in [0.717, 1.165) is 37.4 Å². The van der Waals surface area contributed by atoms with Crippen LogP contribution in [0.15, 0.2) is 12.1 Å². The molecule has 0 aliphatic carbocycles. The van der Waals surface area contributed by atoms with E-state index >= 15 is 0 Å². The largest absolute Gasteiger partial charge is 0.359 e. The molecule has 0 atom stereocenters. The van der Waals surface area contributed by atoms with E-state index in [9.17, 15) is 4.79 Å². The van der Waals surface area contributed by atoms with Gasteiger partial charge in [0.05, 0.1) is 5.69 Å². The summed E-state index contributed by atoms with van der Waals surface area (Å²) in [6.07, 6.45) is 1.77. The molecule has 2 rings (SSSR count). The normalized spacial score (nSPS) is 16.9. The number of amides is 1. The summed E-state index contributed by atoms with van der Waals surface area (Å²) < 4.78 is 0. The van der Waals surface area contributed by atoms with Gasteiger partial charge in [-0.25, -0.2) is 0 Å². The smallest absolute Gasteiger partial charge is 0.222 e. The van der Waals surface area contributed by atoms with Crippen molar-refractivity contribution in [3.05, 3.63) is 17.8 Å². The highest BCUT2D eigenvalue weighted by molar-refractivity contribution is 5.78. The van der Waals surface area contributed by atoms with Gasteiger partial charge in [0, 0.05) is 26.1 Å². The van der Waals surface area contributed by atoms with E-state index in [1.165, 1.54) is 0 Å². The minimum absolute atomic E-state index is 0.148. The number of hydrogen-bond donors (Lipinski definition) is 1. The third kappa shape index (κ3) is 2.72. The van der Waals surface area contributed by atoms with Gasteiger partial charge in [0.15, 0.2) is 5.82 Å². The van der Waals surface area contributed by atoms with Crippen LogP contribution < -0.4 is 10.2 Å². The van der Waals surface area contributed by atoms with Gasteiger partial charge in [-0.2, -0.15) is 5.10 Å². The highest BCUT2D eigenvalue weighted by Gasteiger charge is 2.24. The quantitative estimate of drug-likeness (QED) is 0.820. The van der Waals surface area contributed by atoms with E-state index < -0.39 is 0 Å². The van der Waals surface area contributed by atoms with Crippen molar-refractivity contribution < 1.29 is 4.79 Å². The summed E-state index contributed by atoms with van der Waals surface area (Å²) in [6, 6.07) is 3.95. The van der Waals surface area contributed by atoms with Gasteiger partial charge in [0.1, 0.15) is 0 Å². The lowest BCUT2D eigenvalue weighted by molar-refractivity contribution is -0.125. The molecule has 0 radical (unpaired) electrons. The molecular formula is C12H18N4O. The molecule has 5 nitrogen and oxygen atoms in total. The molecule has 5 heteroatoms. The Hall–Kier alpha value is -1.65. The van der Waals surface area contributed by atoms with Gasteiger partial charge in [0.25, 0.3) is 0 Å². The van der Waals surface area contributed by atoms with Crippen LogP contribution in [0.25, 0.3) is 0 Å². The lowest BCUT2D eigenvalue weighted by Gasteiger charge is -2.31. The van der Waals surface area contributed by atoms with E-state index in [1.54, 1.807) is 7.05 Å². The van der Waals surface area contributed by atoms with Crippen molar-refractivity contribution in [2.24, 2.45) is 5.92 Å². The van der Waals surface area contributed by atoms with E-state index in [1.807, 2.05) is 19.1 Å². The number of carbonyl (C=O) groups is 1. The fourth-order valence-electron chi connectivity index (χ4n) is 2.14. The van der Waals surface area contributed by atoms with Gasteiger partial charge >= 0.3 is 0 Å². The summed E-state index contributed by atoms with van der Waals surface area (Å²) in [4.78, 5) is 13.7. The van der Waals surface area contributed by atoms with Crippen LogP contribution in [0.2, 0.25) is 0 Å². The molecule has 17 heavy (non-hydrogen) atoms. The second-order valence-corrected chi connectivity index (χ2v) is 4.41. The maximum absolute atomic E-state index is 11.5. The van der Waals surface area contributed by atoms with Crippen molar-refractivity contribution in [3.63, 3.8) is 0 Å². The molecule has 1 aliphatic heterocycles. The first-order valence-electron chi connectivity index (χ1n) is 5.97. The molecule has 1 amide bonds. The summed E-state index contributed by atoms with van der Waals surface area (Å²) in [6.45, 7) is 3.67. The Morgan fingerprint density at radius 2 is 2.06 bits per heavy atom. The number of hydrogen-bond acceptors (Lipinski definition) is 4. The van der Waals surface area contributed by atoms with Crippen LogP contribution in [-0.2, 0) is 4.79 Å². The molecule has 0 saturated carbocycles. The minimum atomic E-state index is 0.148. The topological polar surface area (TPSA) is 58.1 Å². The van der Waals surface area contributed by atoms with Crippen LogP contribution in [0.1, 0.15) is 18.5 Å². The molecule has 1 aliphatic rings. The van der Waals surface area contributed by atoms with Crippen molar-refractivity contribution in [1.29, 1.82) is 0 Å². The molecule has 1 N–H and O–H groups in total. The number of aromatic nitrogens is 2. The molecule has 1 fully saturated rings. The van der Waals surface area contributed by atoms with Crippen molar-refractivity contribution >= 4 is 11.7 Å². The van der Waals surface area contributed by atoms with Gasteiger partial charge in [-0.15, -0.1) is 5.10 Å². The van der Waals surface area contributed by atoms with Crippen LogP contribution in [0, 0.1) is 12.8 Å². The van der Waals surface area contributed by atoms with E-state index in [2.05, 4.69) is 20.4 Å². The van der Waals surface area contributed by atoms with E-state index in [-0.39, 0.29) is 11.8 Å². The standard InChI is InChI=1S/C12H18N4O/c1-9-3-4-11(15-14-9)16-7-5-10(6-8-16)12(17)13-2/h3-4,10H,5-8H2,1-2H3,(H,13,17). The second kappa shape index (κ2) is 5.12. The lowest BCUT2D eigenvalue weighted by atomic mass is 9.96. The highest BCUT2D eigenvalue weighted by Crippen LogP contribution is 2.21. The summed E-state index contributed by atoms with van der Waals surface area (Å²) >= 11 is 0. The Morgan fingerprint density at radius 1 is 1.35 bits per heavy atom. The predicted molar refractivity (Wildman–Crippen MR) is 65.8 cm³/mol. The number of rotatable bonds is 2. The fourth-order valence-corrected chi connectivity index (χ4v) is 2.14.